The monoisotopic (exact) mass is 244 g/mol. The van der Waals surface area contributed by atoms with Gasteiger partial charge in [-0.3, -0.25) is 4.89 Å². The molecule has 2 rings (SSSR count). The molecule has 0 unspecified atom stereocenters. The molecule has 2 aromatic carbocycles. The predicted octanol–water partition coefficient (Wildman–Crippen LogP) is 2.68. The summed E-state index contributed by atoms with van der Waals surface area (Å²) >= 11 is 0. The van der Waals surface area contributed by atoms with Crippen molar-refractivity contribution in [2.24, 2.45) is 0 Å². The van der Waals surface area contributed by atoms with Gasteiger partial charge in [0.1, 0.15) is 12.4 Å². The summed E-state index contributed by atoms with van der Waals surface area (Å²) in [5.74, 6) is -0.498. The molecule has 2 aromatic rings. The largest absolute Gasteiger partial charge is 0.508 e. The van der Waals surface area contributed by atoms with Gasteiger partial charge in [0.2, 0.25) is 0 Å². The van der Waals surface area contributed by atoms with Crippen molar-refractivity contribution in [3.63, 3.8) is 0 Å². The number of rotatable bonds is 4. The Kier molecular flexibility index (Phi) is 3.94. The van der Waals surface area contributed by atoms with E-state index in [0.29, 0.717) is 5.56 Å². The first-order valence-electron chi connectivity index (χ1n) is 5.42. The lowest BCUT2D eigenvalue weighted by Gasteiger charge is -2.03. The van der Waals surface area contributed by atoms with Crippen molar-refractivity contribution in [3.05, 3.63) is 65.7 Å². The van der Waals surface area contributed by atoms with Crippen LogP contribution in [0.5, 0.6) is 5.75 Å². The maximum atomic E-state index is 11.5. The molecular formula is C14H12O4. The molecule has 0 aromatic heterocycles. The molecule has 0 amide bonds. The zero-order chi connectivity index (χ0) is 12.8. The molecule has 92 valence electrons. The molecule has 0 atom stereocenters. The first kappa shape index (κ1) is 12.1. The van der Waals surface area contributed by atoms with Crippen LogP contribution in [0.4, 0.5) is 0 Å². The smallest absolute Gasteiger partial charge is 0.373 e. The molecule has 18 heavy (non-hydrogen) atoms. The third-order valence-electron chi connectivity index (χ3n) is 2.31. The summed E-state index contributed by atoms with van der Waals surface area (Å²) in [6.07, 6.45) is 0. The number of hydrogen-bond donors (Lipinski definition) is 1. The van der Waals surface area contributed by atoms with Crippen molar-refractivity contribution < 1.29 is 19.7 Å². The number of aromatic hydroxyl groups is 1. The molecule has 1 N–H and O–H groups in total. The second-order valence-corrected chi connectivity index (χ2v) is 3.67. The highest BCUT2D eigenvalue weighted by Crippen LogP contribution is 2.11. The van der Waals surface area contributed by atoms with Crippen LogP contribution in [0.15, 0.2) is 54.6 Å². The third kappa shape index (κ3) is 3.33. The molecule has 0 aliphatic heterocycles. The molecule has 0 aliphatic carbocycles. The summed E-state index contributed by atoms with van der Waals surface area (Å²) in [4.78, 5) is 21.0. The summed E-state index contributed by atoms with van der Waals surface area (Å²) in [6.45, 7) is 0.199. The van der Waals surface area contributed by atoms with Crippen LogP contribution in [0, 0.1) is 0 Å². The van der Waals surface area contributed by atoms with Crippen LogP contribution in [0.3, 0.4) is 0 Å². The molecule has 0 fully saturated rings. The number of carbonyl (C=O) groups is 1. The quantitative estimate of drug-likeness (QED) is 0.663. The Labute approximate surface area is 104 Å². The Morgan fingerprint density at radius 3 is 2.33 bits per heavy atom. The molecule has 0 spiro atoms. The molecule has 4 nitrogen and oxygen atoms in total. The Morgan fingerprint density at radius 2 is 1.67 bits per heavy atom. The van der Waals surface area contributed by atoms with E-state index in [4.69, 9.17) is 9.99 Å². The van der Waals surface area contributed by atoms with Gasteiger partial charge in [0, 0.05) is 0 Å². The van der Waals surface area contributed by atoms with Crippen LogP contribution in [-0.2, 0) is 16.4 Å². The van der Waals surface area contributed by atoms with Crippen LogP contribution < -0.4 is 0 Å². The summed E-state index contributed by atoms with van der Waals surface area (Å²) < 4.78 is 0. The van der Waals surface area contributed by atoms with E-state index in [0.717, 1.165) is 5.56 Å². The summed E-state index contributed by atoms with van der Waals surface area (Å²) in [7, 11) is 0. The minimum Gasteiger partial charge on any atom is -0.508 e. The fourth-order valence-electron chi connectivity index (χ4n) is 1.37. The van der Waals surface area contributed by atoms with Crippen molar-refractivity contribution in [2.45, 2.75) is 6.61 Å². The van der Waals surface area contributed by atoms with Gasteiger partial charge in [-0.1, -0.05) is 30.3 Å². The second-order valence-electron chi connectivity index (χ2n) is 3.67. The summed E-state index contributed by atoms with van der Waals surface area (Å²) in [5, 5.41) is 9.08. The number of carbonyl (C=O) groups excluding carboxylic acids is 1. The molecule has 0 heterocycles. The van der Waals surface area contributed by atoms with Crippen LogP contribution >= 0.6 is 0 Å². The normalized spacial score (nSPS) is 10.0. The zero-order valence-corrected chi connectivity index (χ0v) is 9.58. The average Bonchev–Trinajstić information content (AvgIpc) is 2.40. The van der Waals surface area contributed by atoms with Gasteiger partial charge in [0.25, 0.3) is 0 Å². The van der Waals surface area contributed by atoms with Gasteiger partial charge >= 0.3 is 5.97 Å². The molecule has 0 saturated heterocycles. The molecule has 0 aliphatic rings. The topological polar surface area (TPSA) is 55.8 Å². The van der Waals surface area contributed by atoms with Crippen molar-refractivity contribution in [1.82, 2.24) is 0 Å². The highest BCUT2D eigenvalue weighted by atomic mass is 17.2. The van der Waals surface area contributed by atoms with E-state index in [2.05, 4.69) is 4.89 Å². The van der Waals surface area contributed by atoms with Crippen molar-refractivity contribution in [1.29, 1.82) is 0 Å². The van der Waals surface area contributed by atoms with Gasteiger partial charge in [-0.2, -0.15) is 4.89 Å². The number of phenolic OH excluding ortho intramolecular Hbond substituents is 1. The fraction of sp³-hybridized carbons (Fsp3) is 0.0714. The van der Waals surface area contributed by atoms with Crippen LogP contribution in [-0.4, -0.2) is 11.1 Å². The second kappa shape index (κ2) is 5.84. The van der Waals surface area contributed by atoms with Crippen LogP contribution in [0.25, 0.3) is 0 Å². The van der Waals surface area contributed by atoms with Gasteiger partial charge in [0.05, 0.1) is 5.56 Å². The van der Waals surface area contributed by atoms with Crippen molar-refractivity contribution in [2.75, 3.05) is 0 Å². The summed E-state index contributed by atoms with van der Waals surface area (Å²) in [5.41, 5.74) is 1.23. The molecule has 4 heteroatoms. The Balaban J connectivity index is 1.84. The lowest BCUT2D eigenvalue weighted by molar-refractivity contribution is -0.250. The van der Waals surface area contributed by atoms with Gasteiger partial charge < -0.3 is 5.11 Å². The zero-order valence-electron chi connectivity index (χ0n) is 9.58. The van der Waals surface area contributed by atoms with E-state index in [1.807, 2.05) is 30.3 Å². The highest BCUT2D eigenvalue weighted by Gasteiger charge is 2.07. The number of hydrogen-bond acceptors (Lipinski definition) is 4. The van der Waals surface area contributed by atoms with E-state index in [-0.39, 0.29) is 12.4 Å². The van der Waals surface area contributed by atoms with Gasteiger partial charge in [-0.05, 0) is 29.8 Å². The third-order valence-corrected chi connectivity index (χ3v) is 2.31. The lowest BCUT2D eigenvalue weighted by atomic mass is 10.2. The number of benzene rings is 2. The van der Waals surface area contributed by atoms with E-state index < -0.39 is 5.97 Å². The van der Waals surface area contributed by atoms with E-state index in [1.54, 1.807) is 0 Å². The molecular weight excluding hydrogens is 232 g/mol. The predicted molar refractivity (Wildman–Crippen MR) is 64.8 cm³/mol. The van der Waals surface area contributed by atoms with E-state index in [9.17, 15) is 4.79 Å². The highest BCUT2D eigenvalue weighted by molar-refractivity contribution is 5.89. The fourth-order valence-corrected chi connectivity index (χ4v) is 1.37. The maximum absolute atomic E-state index is 11.5. The Hall–Kier alpha value is -2.33. The molecule has 0 bridgehead atoms. The van der Waals surface area contributed by atoms with E-state index >= 15 is 0 Å². The lowest BCUT2D eigenvalue weighted by Crippen LogP contribution is -2.05. The summed E-state index contributed by atoms with van der Waals surface area (Å²) in [6, 6.07) is 15.1. The minimum atomic E-state index is -0.592. The molecule has 0 radical (unpaired) electrons. The van der Waals surface area contributed by atoms with Crippen molar-refractivity contribution >= 4 is 5.97 Å². The van der Waals surface area contributed by atoms with Gasteiger partial charge in [-0.25, -0.2) is 4.79 Å². The molecule has 0 saturated carbocycles. The number of phenols is 1. The maximum Gasteiger partial charge on any atom is 0.373 e. The van der Waals surface area contributed by atoms with E-state index in [1.165, 1.54) is 24.3 Å². The van der Waals surface area contributed by atoms with Crippen LogP contribution in [0.1, 0.15) is 15.9 Å². The average molecular weight is 244 g/mol. The van der Waals surface area contributed by atoms with Gasteiger partial charge in [0.15, 0.2) is 0 Å². The Morgan fingerprint density at radius 1 is 1.00 bits per heavy atom. The standard InChI is InChI=1S/C14H12O4/c15-13-8-6-12(7-9-13)14(16)18-17-10-11-4-2-1-3-5-11/h1-9,15H,10H2. The first-order chi connectivity index (χ1) is 8.75. The van der Waals surface area contributed by atoms with Crippen molar-refractivity contribution in [3.8, 4) is 5.75 Å². The van der Waals surface area contributed by atoms with Gasteiger partial charge in [-0.15, -0.1) is 0 Å². The SMILES string of the molecule is O=C(OOCc1ccccc1)c1ccc(O)cc1. The minimum absolute atomic E-state index is 0.0942. The van der Waals surface area contributed by atoms with Crippen LogP contribution in [0.2, 0.25) is 0 Å². The first-order valence-corrected chi connectivity index (χ1v) is 5.42. The Bertz CT molecular complexity index is 505.